The van der Waals surface area contributed by atoms with Crippen molar-refractivity contribution in [2.45, 2.75) is 18.5 Å². The van der Waals surface area contributed by atoms with Gasteiger partial charge in [0.2, 0.25) is 0 Å². The molecule has 0 saturated carbocycles. The van der Waals surface area contributed by atoms with Gasteiger partial charge in [0.15, 0.2) is 0 Å². The highest BCUT2D eigenvalue weighted by molar-refractivity contribution is 5.97. The zero-order valence-corrected chi connectivity index (χ0v) is 12.9. The van der Waals surface area contributed by atoms with Gasteiger partial charge in [-0.05, 0) is 23.8 Å². The Kier molecular flexibility index (Phi) is 6.83. The minimum atomic E-state index is -5.79. The Morgan fingerprint density at radius 1 is 1.23 bits per heavy atom. The van der Waals surface area contributed by atoms with E-state index in [4.69, 9.17) is 5.26 Å². The Labute approximate surface area is 143 Å². The predicted molar refractivity (Wildman–Crippen MR) is 77.7 cm³/mol. The van der Waals surface area contributed by atoms with E-state index in [0.29, 0.717) is 0 Å². The molecule has 4 nitrogen and oxygen atoms in total. The fourth-order valence-electron chi connectivity index (χ4n) is 1.55. The van der Waals surface area contributed by atoms with Gasteiger partial charge in [0.05, 0.1) is 0 Å². The van der Waals surface area contributed by atoms with E-state index in [-0.39, 0.29) is 12.2 Å². The van der Waals surface area contributed by atoms with E-state index in [1.165, 1.54) is 6.08 Å². The van der Waals surface area contributed by atoms with Crippen LogP contribution in [0.5, 0.6) is 5.75 Å². The Balaban J connectivity index is 2.92. The fraction of sp³-hybridized carbons (Fsp3) is 0.250. The van der Waals surface area contributed by atoms with Crippen molar-refractivity contribution in [1.82, 2.24) is 0 Å². The molecule has 26 heavy (non-hydrogen) atoms. The molecule has 0 aliphatic heterocycles. The molecule has 0 aliphatic carbocycles. The second-order valence-electron chi connectivity index (χ2n) is 4.69. The molecule has 0 saturated heterocycles. The summed E-state index contributed by atoms with van der Waals surface area (Å²) < 4.78 is 83.6. The molecule has 0 radical (unpaired) electrons. The first kappa shape index (κ1) is 21.1. The van der Waals surface area contributed by atoms with E-state index in [1.807, 2.05) is 0 Å². The number of carbonyl (C=O) groups excluding carboxylic acids is 1. The highest BCUT2D eigenvalue weighted by Crippen LogP contribution is 2.36. The van der Waals surface area contributed by atoms with Crippen LogP contribution in [0.25, 0.3) is 6.08 Å². The highest BCUT2D eigenvalue weighted by atomic mass is 19.4. The van der Waals surface area contributed by atoms with Crippen LogP contribution in [-0.4, -0.2) is 31.0 Å². The maximum absolute atomic E-state index is 13.1. The Morgan fingerprint density at radius 2 is 1.81 bits per heavy atom. The molecular formula is C16H11F6NO3. The Hall–Kier alpha value is -2.96. The maximum atomic E-state index is 13.1. The van der Waals surface area contributed by atoms with Crippen LogP contribution in [0.1, 0.15) is 5.56 Å². The van der Waals surface area contributed by atoms with Crippen molar-refractivity contribution >= 4 is 12.0 Å². The van der Waals surface area contributed by atoms with Gasteiger partial charge in [-0.1, -0.05) is 24.8 Å². The molecule has 140 valence electrons. The number of nitriles is 1. The van der Waals surface area contributed by atoms with Gasteiger partial charge in [-0.2, -0.15) is 27.2 Å². The normalized spacial score (nSPS) is 13.5. The zero-order valence-electron chi connectivity index (χ0n) is 12.9. The summed E-state index contributed by atoms with van der Waals surface area (Å²) in [5.74, 6) is -1.70. The van der Waals surface area contributed by atoms with Crippen LogP contribution in [0.3, 0.4) is 0 Å². The molecule has 0 amide bonds. The summed E-state index contributed by atoms with van der Waals surface area (Å²) in [7, 11) is 0. The van der Waals surface area contributed by atoms with Crippen molar-refractivity contribution in [2.75, 3.05) is 6.61 Å². The van der Waals surface area contributed by atoms with E-state index in [0.717, 1.165) is 30.3 Å². The molecule has 0 fully saturated rings. The molecule has 1 aromatic carbocycles. The molecule has 0 heterocycles. The second-order valence-corrected chi connectivity index (χ2v) is 4.69. The summed E-state index contributed by atoms with van der Waals surface area (Å²) in [4.78, 5) is 11.5. The van der Waals surface area contributed by atoms with Crippen LogP contribution in [0.2, 0.25) is 0 Å². The molecule has 0 aliphatic rings. The maximum Gasteiger partial charge on any atom is 0.439 e. The van der Waals surface area contributed by atoms with Gasteiger partial charge in [-0.15, -0.1) is 0 Å². The largest absolute Gasteiger partial charge is 0.457 e. The third-order valence-corrected chi connectivity index (χ3v) is 2.70. The van der Waals surface area contributed by atoms with Crippen molar-refractivity contribution < 1.29 is 40.6 Å². The Morgan fingerprint density at radius 3 is 2.27 bits per heavy atom. The smallest absolute Gasteiger partial charge is 0.439 e. The standard InChI is InChI=1S/C16H11F6NO3/c1-2-7-25-13(24)11(9-23)8-10-3-5-12(6-4-10)26-16(21,22)14(17)15(18,19)20/h2-6,8,14H,1,7H2. The van der Waals surface area contributed by atoms with E-state index in [9.17, 15) is 31.1 Å². The molecule has 0 bridgehead atoms. The van der Waals surface area contributed by atoms with Gasteiger partial charge in [-0.25, -0.2) is 9.18 Å². The van der Waals surface area contributed by atoms with Crippen molar-refractivity contribution in [2.24, 2.45) is 0 Å². The van der Waals surface area contributed by atoms with Crippen molar-refractivity contribution in [3.8, 4) is 11.8 Å². The van der Waals surface area contributed by atoms with Crippen LogP contribution in [0.15, 0.2) is 42.5 Å². The minimum Gasteiger partial charge on any atom is -0.457 e. The number of nitrogens with zero attached hydrogens (tertiary/aromatic N) is 1. The SMILES string of the molecule is C=CCOC(=O)C(C#N)=Cc1ccc(OC(F)(F)C(F)C(F)(F)F)cc1. The highest BCUT2D eigenvalue weighted by Gasteiger charge is 2.59. The molecule has 0 N–H and O–H groups in total. The molecule has 0 spiro atoms. The lowest BCUT2D eigenvalue weighted by Crippen LogP contribution is -2.45. The number of benzene rings is 1. The van der Waals surface area contributed by atoms with Gasteiger partial charge in [-0.3, -0.25) is 0 Å². The van der Waals surface area contributed by atoms with E-state index < -0.39 is 35.7 Å². The summed E-state index contributed by atoms with van der Waals surface area (Å²) in [5.41, 5.74) is -0.243. The molecule has 1 aromatic rings. The van der Waals surface area contributed by atoms with Gasteiger partial charge >= 0.3 is 18.3 Å². The lowest BCUT2D eigenvalue weighted by Gasteiger charge is -2.23. The predicted octanol–water partition coefficient (Wildman–Crippen LogP) is 4.19. The molecule has 1 unspecified atom stereocenters. The summed E-state index contributed by atoms with van der Waals surface area (Å²) in [6.45, 7) is 3.18. The van der Waals surface area contributed by atoms with Crippen LogP contribution in [0.4, 0.5) is 26.3 Å². The third kappa shape index (κ3) is 5.84. The first-order valence-corrected chi connectivity index (χ1v) is 6.78. The van der Waals surface area contributed by atoms with E-state index in [2.05, 4.69) is 16.1 Å². The fourth-order valence-corrected chi connectivity index (χ4v) is 1.55. The topological polar surface area (TPSA) is 59.3 Å². The van der Waals surface area contributed by atoms with Crippen molar-refractivity contribution in [3.05, 3.63) is 48.1 Å². The van der Waals surface area contributed by atoms with Crippen molar-refractivity contribution in [1.29, 1.82) is 5.26 Å². The molecule has 10 heteroatoms. The molecule has 1 atom stereocenters. The van der Waals surface area contributed by atoms with Crippen LogP contribution < -0.4 is 4.74 Å². The number of carbonyl (C=O) groups is 1. The monoisotopic (exact) mass is 379 g/mol. The van der Waals surface area contributed by atoms with Gasteiger partial charge in [0.25, 0.3) is 6.17 Å². The van der Waals surface area contributed by atoms with Crippen molar-refractivity contribution in [3.63, 3.8) is 0 Å². The van der Waals surface area contributed by atoms with Gasteiger partial charge in [0, 0.05) is 0 Å². The lowest BCUT2D eigenvalue weighted by atomic mass is 10.1. The first-order valence-electron chi connectivity index (χ1n) is 6.78. The number of alkyl halides is 6. The van der Waals surface area contributed by atoms with E-state index in [1.54, 1.807) is 6.07 Å². The summed E-state index contributed by atoms with van der Waals surface area (Å²) >= 11 is 0. The average molecular weight is 379 g/mol. The first-order chi connectivity index (χ1) is 12.0. The number of esters is 1. The third-order valence-electron chi connectivity index (χ3n) is 2.70. The summed E-state index contributed by atoms with van der Waals surface area (Å²) in [5, 5.41) is 8.88. The quantitative estimate of drug-likeness (QED) is 0.234. The molecular weight excluding hydrogens is 368 g/mol. The zero-order chi connectivity index (χ0) is 20.0. The van der Waals surface area contributed by atoms with Gasteiger partial charge < -0.3 is 9.47 Å². The van der Waals surface area contributed by atoms with Crippen LogP contribution in [-0.2, 0) is 9.53 Å². The number of halogens is 6. The van der Waals surface area contributed by atoms with Crippen LogP contribution >= 0.6 is 0 Å². The minimum absolute atomic E-state index is 0.136. The molecule has 1 rings (SSSR count). The second kappa shape index (κ2) is 8.42. The lowest BCUT2D eigenvalue weighted by molar-refractivity contribution is -0.304. The molecule has 0 aromatic heterocycles. The number of hydrogen-bond acceptors (Lipinski definition) is 4. The number of rotatable bonds is 7. The summed E-state index contributed by atoms with van der Waals surface area (Å²) in [6.07, 6.45) is -13.1. The average Bonchev–Trinajstić information content (AvgIpc) is 2.57. The number of hydrogen-bond donors (Lipinski definition) is 0. The number of ether oxygens (including phenoxy) is 2. The van der Waals surface area contributed by atoms with Gasteiger partial charge in [0.1, 0.15) is 24.0 Å². The Bertz CT molecular complexity index is 719. The summed E-state index contributed by atoms with van der Waals surface area (Å²) in [6, 6.07) is 5.37. The van der Waals surface area contributed by atoms with E-state index >= 15 is 0 Å². The van der Waals surface area contributed by atoms with Crippen LogP contribution in [0, 0.1) is 11.3 Å².